The monoisotopic (exact) mass is 378 g/mol. The standard InChI is InChI=1S/C23H26N2O3/c1-2-22(26)24-20-10-6-9-19(15-20)16-23(27)25-13-11-21(12-14-25)28-17-18-7-4-3-5-8-18/h2-10,15,21H,1,11-14,16-17H2,(H,24,26). The SMILES string of the molecule is C=CC(=O)Nc1cccc(CC(=O)N2CCC(OCc3ccccc3)CC2)c1. The van der Waals surface area contributed by atoms with Crippen molar-refractivity contribution in [3.05, 3.63) is 78.4 Å². The molecule has 0 aliphatic carbocycles. The Labute approximate surface area is 166 Å². The van der Waals surface area contributed by atoms with Gasteiger partial charge in [-0.25, -0.2) is 0 Å². The number of carbonyl (C=O) groups excluding carboxylic acids is 2. The number of hydrogen-bond acceptors (Lipinski definition) is 3. The minimum Gasteiger partial charge on any atom is -0.373 e. The van der Waals surface area contributed by atoms with Gasteiger partial charge in [0.25, 0.3) is 0 Å². The van der Waals surface area contributed by atoms with E-state index in [2.05, 4.69) is 24.0 Å². The fraction of sp³-hybridized carbons (Fsp3) is 0.304. The van der Waals surface area contributed by atoms with Crippen LogP contribution in [-0.4, -0.2) is 35.9 Å². The molecule has 0 radical (unpaired) electrons. The Bertz CT molecular complexity index is 812. The van der Waals surface area contributed by atoms with Gasteiger partial charge in [-0.05, 0) is 42.2 Å². The maximum Gasteiger partial charge on any atom is 0.247 e. The maximum absolute atomic E-state index is 12.6. The van der Waals surface area contributed by atoms with E-state index in [0.29, 0.717) is 31.8 Å². The second-order valence-corrected chi connectivity index (χ2v) is 6.95. The maximum atomic E-state index is 12.6. The van der Waals surface area contributed by atoms with Crippen LogP contribution in [0.5, 0.6) is 0 Å². The van der Waals surface area contributed by atoms with Crippen molar-refractivity contribution < 1.29 is 14.3 Å². The minimum atomic E-state index is -0.263. The topological polar surface area (TPSA) is 58.6 Å². The van der Waals surface area contributed by atoms with Gasteiger partial charge in [-0.15, -0.1) is 0 Å². The predicted octanol–water partition coefficient (Wildman–Crippen LogP) is 3.56. The number of amides is 2. The molecule has 3 rings (SSSR count). The smallest absolute Gasteiger partial charge is 0.247 e. The molecular formula is C23H26N2O3. The van der Waals surface area contributed by atoms with Crippen LogP contribution >= 0.6 is 0 Å². The van der Waals surface area contributed by atoms with Gasteiger partial charge in [-0.1, -0.05) is 49.0 Å². The summed E-state index contributed by atoms with van der Waals surface area (Å²) in [5.74, 6) is -0.158. The fourth-order valence-electron chi connectivity index (χ4n) is 3.30. The zero-order valence-electron chi connectivity index (χ0n) is 16.0. The van der Waals surface area contributed by atoms with Gasteiger partial charge >= 0.3 is 0 Å². The van der Waals surface area contributed by atoms with Crippen LogP contribution in [0.3, 0.4) is 0 Å². The number of carbonyl (C=O) groups is 2. The Morgan fingerprint density at radius 1 is 1.07 bits per heavy atom. The number of benzene rings is 2. The van der Waals surface area contributed by atoms with Gasteiger partial charge in [0.05, 0.1) is 19.1 Å². The number of rotatable bonds is 7. The summed E-state index contributed by atoms with van der Waals surface area (Å²) in [5, 5.41) is 2.72. The lowest BCUT2D eigenvalue weighted by molar-refractivity contribution is -0.133. The lowest BCUT2D eigenvalue weighted by Gasteiger charge is -2.32. The molecule has 0 atom stereocenters. The average Bonchev–Trinajstić information content (AvgIpc) is 2.73. The first-order chi connectivity index (χ1) is 13.6. The van der Waals surface area contributed by atoms with Crippen LogP contribution in [0.2, 0.25) is 0 Å². The van der Waals surface area contributed by atoms with Crippen molar-refractivity contribution in [2.45, 2.75) is 32.0 Å². The quantitative estimate of drug-likeness (QED) is 0.750. The van der Waals surface area contributed by atoms with Gasteiger partial charge in [0.15, 0.2) is 0 Å². The summed E-state index contributed by atoms with van der Waals surface area (Å²) in [6, 6.07) is 17.5. The Hall–Kier alpha value is -2.92. The fourth-order valence-corrected chi connectivity index (χ4v) is 3.30. The summed E-state index contributed by atoms with van der Waals surface area (Å²) in [6.07, 6.45) is 3.46. The van der Waals surface area contributed by atoms with Crippen LogP contribution in [0.25, 0.3) is 0 Å². The molecule has 0 bridgehead atoms. The van der Waals surface area contributed by atoms with Crippen molar-refractivity contribution in [3.63, 3.8) is 0 Å². The zero-order chi connectivity index (χ0) is 19.8. The third-order valence-electron chi connectivity index (χ3n) is 4.86. The summed E-state index contributed by atoms with van der Waals surface area (Å²) in [5.41, 5.74) is 2.72. The van der Waals surface area contributed by atoms with Crippen molar-refractivity contribution in [1.29, 1.82) is 0 Å². The lowest BCUT2D eigenvalue weighted by atomic mass is 10.1. The molecule has 0 aromatic heterocycles. The largest absolute Gasteiger partial charge is 0.373 e. The highest BCUT2D eigenvalue weighted by atomic mass is 16.5. The average molecular weight is 378 g/mol. The van der Waals surface area contributed by atoms with E-state index >= 15 is 0 Å². The molecule has 1 N–H and O–H groups in total. The molecule has 5 nitrogen and oxygen atoms in total. The molecule has 2 amide bonds. The van der Waals surface area contributed by atoms with Crippen molar-refractivity contribution >= 4 is 17.5 Å². The molecule has 1 aliphatic heterocycles. The van der Waals surface area contributed by atoms with E-state index in [-0.39, 0.29) is 17.9 Å². The molecule has 2 aromatic carbocycles. The highest BCUT2D eigenvalue weighted by Gasteiger charge is 2.23. The molecule has 0 saturated carbocycles. The molecule has 0 unspecified atom stereocenters. The first-order valence-electron chi connectivity index (χ1n) is 9.59. The number of nitrogens with one attached hydrogen (secondary N) is 1. The molecule has 1 heterocycles. The highest BCUT2D eigenvalue weighted by molar-refractivity contribution is 5.98. The predicted molar refractivity (Wildman–Crippen MR) is 110 cm³/mol. The van der Waals surface area contributed by atoms with Crippen LogP contribution in [-0.2, 0) is 27.4 Å². The summed E-state index contributed by atoms with van der Waals surface area (Å²) in [6.45, 7) is 5.48. The Balaban J connectivity index is 1.45. The number of hydrogen-bond donors (Lipinski definition) is 1. The van der Waals surface area contributed by atoms with E-state index in [0.717, 1.165) is 18.4 Å². The van der Waals surface area contributed by atoms with Gasteiger partial charge in [0, 0.05) is 18.8 Å². The van der Waals surface area contributed by atoms with E-state index in [1.807, 2.05) is 41.3 Å². The number of likely N-dealkylation sites (tertiary alicyclic amines) is 1. The zero-order valence-corrected chi connectivity index (χ0v) is 16.0. The number of piperidine rings is 1. The molecule has 5 heteroatoms. The summed E-state index contributed by atoms with van der Waals surface area (Å²) >= 11 is 0. The van der Waals surface area contributed by atoms with Gasteiger partial charge in [0.1, 0.15) is 0 Å². The third kappa shape index (κ3) is 5.79. The second kappa shape index (κ2) is 9.85. The van der Waals surface area contributed by atoms with E-state index in [9.17, 15) is 9.59 Å². The first-order valence-corrected chi connectivity index (χ1v) is 9.59. The minimum absolute atomic E-state index is 0.105. The summed E-state index contributed by atoms with van der Waals surface area (Å²) in [7, 11) is 0. The molecule has 0 spiro atoms. The van der Waals surface area contributed by atoms with Crippen LogP contribution in [0, 0.1) is 0 Å². The lowest BCUT2D eigenvalue weighted by Crippen LogP contribution is -2.41. The Morgan fingerprint density at radius 3 is 2.50 bits per heavy atom. The van der Waals surface area contributed by atoms with Crippen LogP contribution < -0.4 is 5.32 Å². The van der Waals surface area contributed by atoms with Crippen molar-refractivity contribution in [3.8, 4) is 0 Å². The Kier molecular flexibility index (Phi) is 6.98. The molecular weight excluding hydrogens is 352 g/mol. The first kappa shape index (κ1) is 19.8. The molecule has 1 saturated heterocycles. The van der Waals surface area contributed by atoms with Crippen molar-refractivity contribution in [2.75, 3.05) is 18.4 Å². The second-order valence-electron chi connectivity index (χ2n) is 6.95. The van der Waals surface area contributed by atoms with E-state index in [4.69, 9.17) is 4.74 Å². The number of nitrogens with zero attached hydrogens (tertiary/aromatic N) is 1. The summed E-state index contributed by atoms with van der Waals surface area (Å²) in [4.78, 5) is 25.9. The van der Waals surface area contributed by atoms with E-state index in [1.54, 1.807) is 6.07 Å². The van der Waals surface area contributed by atoms with E-state index in [1.165, 1.54) is 11.6 Å². The third-order valence-corrected chi connectivity index (χ3v) is 4.86. The molecule has 1 fully saturated rings. The highest BCUT2D eigenvalue weighted by Crippen LogP contribution is 2.18. The summed E-state index contributed by atoms with van der Waals surface area (Å²) < 4.78 is 5.99. The van der Waals surface area contributed by atoms with Crippen molar-refractivity contribution in [1.82, 2.24) is 4.90 Å². The van der Waals surface area contributed by atoms with Crippen molar-refractivity contribution in [2.24, 2.45) is 0 Å². The van der Waals surface area contributed by atoms with Gasteiger partial charge in [-0.3, -0.25) is 9.59 Å². The Morgan fingerprint density at radius 2 is 1.79 bits per heavy atom. The van der Waals surface area contributed by atoms with Crippen LogP contribution in [0.1, 0.15) is 24.0 Å². The molecule has 28 heavy (non-hydrogen) atoms. The van der Waals surface area contributed by atoms with Gasteiger partial charge in [-0.2, -0.15) is 0 Å². The van der Waals surface area contributed by atoms with Gasteiger partial charge < -0.3 is 15.0 Å². The van der Waals surface area contributed by atoms with Crippen LogP contribution in [0.15, 0.2) is 67.3 Å². The normalized spacial score (nSPS) is 14.5. The molecule has 146 valence electrons. The molecule has 2 aromatic rings. The van der Waals surface area contributed by atoms with Crippen LogP contribution in [0.4, 0.5) is 5.69 Å². The van der Waals surface area contributed by atoms with E-state index < -0.39 is 0 Å². The van der Waals surface area contributed by atoms with Gasteiger partial charge in [0.2, 0.25) is 11.8 Å². The number of ether oxygens (including phenoxy) is 1. The molecule has 1 aliphatic rings. The number of anilines is 1.